The number of halogens is 6. The quantitative estimate of drug-likeness (QED) is 0.330. The molecule has 0 saturated carbocycles. The Morgan fingerprint density at radius 3 is 1.79 bits per heavy atom. The molecule has 1 aromatic heterocycles. The molecule has 2 heterocycles. The van der Waals surface area contributed by atoms with Crippen molar-refractivity contribution in [1.82, 2.24) is 9.88 Å². The summed E-state index contributed by atoms with van der Waals surface area (Å²) in [4.78, 5) is 38.9. The van der Waals surface area contributed by atoms with Crippen molar-refractivity contribution in [2.45, 2.75) is 12.4 Å². The highest BCUT2D eigenvalue weighted by Crippen LogP contribution is 2.25. The molecule has 1 aliphatic rings. The molecule has 0 bridgehead atoms. The van der Waals surface area contributed by atoms with Crippen molar-refractivity contribution in [3.8, 4) is 5.75 Å². The van der Waals surface area contributed by atoms with E-state index in [-0.39, 0.29) is 11.7 Å². The summed E-state index contributed by atoms with van der Waals surface area (Å²) in [7, 11) is 0. The number of amides is 1. The molecule has 1 amide bonds. The summed E-state index contributed by atoms with van der Waals surface area (Å²) in [5.41, 5.74) is 8.21. The molecule has 0 spiro atoms. The van der Waals surface area contributed by atoms with Crippen LogP contribution in [0.15, 0.2) is 42.5 Å². The number of thiazole rings is 1. The lowest BCUT2D eigenvalue weighted by atomic mass is 10.1. The zero-order chi connectivity index (χ0) is 29.5. The number of carbonyl (C=O) groups is 3. The Bertz CT molecular complexity index is 1280. The van der Waals surface area contributed by atoms with Gasteiger partial charge in [0.2, 0.25) is 0 Å². The van der Waals surface area contributed by atoms with Gasteiger partial charge in [0.15, 0.2) is 5.13 Å². The van der Waals surface area contributed by atoms with Crippen LogP contribution in [0.25, 0.3) is 10.2 Å². The maximum Gasteiger partial charge on any atom is 0.490 e. The van der Waals surface area contributed by atoms with E-state index in [0.717, 1.165) is 29.0 Å². The number of fused-ring (bicyclic) bond motifs is 1. The number of carboxylic acids is 2. The summed E-state index contributed by atoms with van der Waals surface area (Å²) in [6.07, 6.45) is -10.2. The highest BCUT2D eigenvalue weighted by molar-refractivity contribution is 7.22. The molecule has 1 fully saturated rings. The Kier molecular flexibility index (Phi) is 9.92. The fourth-order valence-electron chi connectivity index (χ4n) is 3.09. The first kappa shape index (κ1) is 30.9. The van der Waals surface area contributed by atoms with E-state index in [9.17, 15) is 36.2 Å². The average Bonchev–Trinajstić information content (AvgIpc) is 3.23. The predicted octanol–water partition coefficient (Wildman–Crippen LogP) is 3.81. The summed E-state index contributed by atoms with van der Waals surface area (Å²) >= 11 is 1.42. The van der Waals surface area contributed by atoms with Crippen molar-refractivity contribution in [1.29, 1.82) is 0 Å². The second-order valence-corrected chi connectivity index (χ2v) is 8.70. The van der Waals surface area contributed by atoms with Gasteiger partial charge in [-0.25, -0.2) is 14.6 Å². The number of nitrogen functional groups attached to an aromatic ring is 1. The first-order valence-electron chi connectivity index (χ1n) is 10.6. The third-order valence-corrected chi connectivity index (χ3v) is 5.78. The van der Waals surface area contributed by atoms with Crippen LogP contribution in [-0.4, -0.2) is 81.6 Å². The molecular formula is C22H20F6N4O6S. The molecule has 17 heteroatoms. The minimum absolute atomic E-state index is 0.0267. The largest absolute Gasteiger partial charge is 0.508 e. The molecule has 0 aliphatic carbocycles. The number of benzene rings is 2. The number of nitrogens with two attached hydrogens (primary N) is 1. The van der Waals surface area contributed by atoms with Crippen molar-refractivity contribution >= 4 is 50.2 Å². The van der Waals surface area contributed by atoms with Crippen LogP contribution in [0.5, 0.6) is 5.75 Å². The molecule has 0 radical (unpaired) electrons. The Morgan fingerprint density at radius 2 is 1.33 bits per heavy atom. The van der Waals surface area contributed by atoms with Crippen LogP contribution >= 0.6 is 11.3 Å². The van der Waals surface area contributed by atoms with Crippen LogP contribution in [0, 0.1) is 0 Å². The monoisotopic (exact) mass is 582 g/mol. The smallest absolute Gasteiger partial charge is 0.490 e. The average molecular weight is 582 g/mol. The number of piperazine rings is 1. The number of aromatic hydroxyl groups is 1. The molecule has 212 valence electrons. The van der Waals surface area contributed by atoms with Gasteiger partial charge in [-0.05, 0) is 42.5 Å². The van der Waals surface area contributed by atoms with Crippen LogP contribution in [0.2, 0.25) is 0 Å². The van der Waals surface area contributed by atoms with E-state index in [4.69, 9.17) is 25.5 Å². The van der Waals surface area contributed by atoms with Crippen molar-refractivity contribution in [2.24, 2.45) is 0 Å². The first-order chi connectivity index (χ1) is 18.0. The summed E-state index contributed by atoms with van der Waals surface area (Å²) < 4.78 is 64.5. The predicted molar refractivity (Wildman–Crippen MR) is 128 cm³/mol. The number of phenols is 1. The van der Waals surface area contributed by atoms with E-state index < -0.39 is 24.3 Å². The van der Waals surface area contributed by atoms with E-state index in [2.05, 4.69) is 9.88 Å². The van der Waals surface area contributed by atoms with Gasteiger partial charge < -0.3 is 30.9 Å². The highest BCUT2D eigenvalue weighted by atomic mass is 32.1. The van der Waals surface area contributed by atoms with Gasteiger partial charge in [0.05, 0.1) is 10.2 Å². The lowest BCUT2D eigenvalue weighted by Crippen LogP contribution is -2.48. The lowest BCUT2D eigenvalue weighted by Gasteiger charge is -2.36. The van der Waals surface area contributed by atoms with Gasteiger partial charge >= 0.3 is 24.3 Å². The lowest BCUT2D eigenvalue weighted by molar-refractivity contribution is -0.193. The van der Waals surface area contributed by atoms with Crippen LogP contribution < -0.4 is 10.6 Å². The number of aliphatic carboxylic acids is 2. The fourth-order valence-corrected chi connectivity index (χ4v) is 3.81. The molecule has 1 aliphatic heterocycles. The molecule has 3 aromatic rings. The van der Waals surface area contributed by atoms with Crippen LogP contribution in [0.3, 0.4) is 0 Å². The molecule has 10 nitrogen and oxygen atoms in total. The summed E-state index contributed by atoms with van der Waals surface area (Å²) in [5.74, 6) is -5.23. The number of phenolic OH excluding ortho intramolecular Hbond substituents is 1. The number of alkyl halides is 6. The van der Waals surface area contributed by atoms with Crippen LogP contribution in [-0.2, 0) is 9.59 Å². The second kappa shape index (κ2) is 12.5. The van der Waals surface area contributed by atoms with Crippen LogP contribution in [0.1, 0.15) is 10.4 Å². The number of carboxylic acid groups (broad SMARTS) is 2. The fraction of sp³-hybridized carbons (Fsp3) is 0.273. The van der Waals surface area contributed by atoms with E-state index in [1.54, 1.807) is 12.1 Å². The minimum Gasteiger partial charge on any atom is -0.508 e. The summed E-state index contributed by atoms with van der Waals surface area (Å²) in [6.45, 7) is 2.86. The SMILES string of the molecule is Nc1nc2cc(C(=O)N3CCN(c4ccc(O)cc4)CC3)ccc2s1.O=C(O)C(F)(F)F.O=C(O)C(F)(F)F. The first-order valence-corrected chi connectivity index (χ1v) is 11.4. The summed E-state index contributed by atoms with van der Waals surface area (Å²) in [6, 6.07) is 12.7. The zero-order valence-electron chi connectivity index (χ0n) is 19.5. The summed E-state index contributed by atoms with van der Waals surface area (Å²) in [5, 5.41) is 24.2. The van der Waals surface area contributed by atoms with Crippen LogP contribution in [0.4, 0.5) is 37.2 Å². The van der Waals surface area contributed by atoms with Gasteiger partial charge in [0, 0.05) is 37.4 Å². The number of aromatic nitrogens is 1. The Balaban J connectivity index is 0.000000317. The molecule has 0 atom stereocenters. The topological polar surface area (TPSA) is 157 Å². The Labute approximate surface area is 219 Å². The molecule has 39 heavy (non-hydrogen) atoms. The molecule has 0 unspecified atom stereocenters. The van der Waals surface area contributed by atoms with Gasteiger partial charge in [-0.3, -0.25) is 4.79 Å². The third-order valence-electron chi connectivity index (χ3n) is 4.92. The number of nitrogens with zero attached hydrogens (tertiary/aromatic N) is 3. The van der Waals surface area contributed by atoms with Crippen molar-refractivity contribution < 1.29 is 56.0 Å². The maximum absolute atomic E-state index is 12.8. The van der Waals surface area contributed by atoms with E-state index in [1.807, 2.05) is 35.2 Å². The molecule has 5 N–H and O–H groups in total. The molecular weight excluding hydrogens is 562 g/mol. The van der Waals surface area contributed by atoms with Gasteiger partial charge in [-0.15, -0.1) is 0 Å². The van der Waals surface area contributed by atoms with Crippen molar-refractivity contribution in [2.75, 3.05) is 36.8 Å². The Hall–Kier alpha value is -4.28. The normalized spacial score (nSPS) is 13.6. The van der Waals surface area contributed by atoms with Gasteiger partial charge in [-0.2, -0.15) is 26.3 Å². The minimum atomic E-state index is -5.08. The second-order valence-electron chi connectivity index (χ2n) is 7.64. The van der Waals surface area contributed by atoms with Crippen molar-refractivity contribution in [3.63, 3.8) is 0 Å². The van der Waals surface area contributed by atoms with E-state index >= 15 is 0 Å². The Morgan fingerprint density at radius 1 is 0.846 bits per heavy atom. The third kappa shape index (κ3) is 9.20. The number of anilines is 2. The maximum atomic E-state index is 12.8. The van der Waals surface area contributed by atoms with Gasteiger partial charge in [0.1, 0.15) is 5.75 Å². The number of rotatable bonds is 2. The van der Waals surface area contributed by atoms with E-state index in [0.29, 0.717) is 23.8 Å². The molecule has 4 rings (SSSR count). The van der Waals surface area contributed by atoms with Gasteiger partial charge in [0.25, 0.3) is 5.91 Å². The molecule has 2 aromatic carbocycles. The standard InChI is InChI=1S/C18H18N4O2S.2C2HF3O2/c19-18-20-15-11-12(1-6-16(15)25-18)17(24)22-9-7-21(8-10-22)13-2-4-14(23)5-3-13;2*3-2(4,5)1(6)7/h1-6,11,23H,7-10H2,(H2,19,20);2*(H,6,7). The number of carbonyl (C=O) groups excluding carboxylic acids is 1. The molecule has 1 saturated heterocycles. The van der Waals surface area contributed by atoms with Crippen molar-refractivity contribution in [3.05, 3.63) is 48.0 Å². The van der Waals surface area contributed by atoms with E-state index in [1.165, 1.54) is 11.3 Å². The zero-order valence-corrected chi connectivity index (χ0v) is 20.3. The van der Waals surface area contributed by atoms with Gasteiger partial charge in [-0.1, -0.05) is 11.3 Å². The number of hydrogen-bond acceptors (Lipinski definition) is 8. The highest BCUT2D eigenvalue weighted by Gasteiger charge is 2.38. The number of hydrogen-bond donors (Lipinski definition) is 4.